The predicted molar refractivity (Wildman–Crippen MR) is 94.3 cm³/mol. The second kappa shape index (κ2) is 6.96. The van der Waals surface area contributed by atoms with E-state index in [1.54, 1.807) is 6.92 Å². The molecule has 6 heteroatoms. The molecular weight excluding hydrogens is 320 g/mol. The number of aromatic nitrogens is 2. The maximum atomic E-state index is 12.7. The molecule has 0 unspecified atom stereocenters. The second-order valence-corrected chi connectivity index (χ2v) is 6.95. The van der Waals surface area contributed by atoms with Gasteiger partial charge in [-0.05, 0) is 51.7 Å². The van der Waals surface area contributed by atoms with Gasteiger partial charge in [-0.3, -0.25) is 14.2 Å². The lowest BCUT2D eigenvalue weighted by molar-refractivity contribution is -0.151. The standard InChI is InChI=1S/C19H24N2O4/c1-3-25-18(23)14-6-8-19(24,9-7-14)11-21-12-20-16-5-4-13(2)10-15(16)17(21)22/h4-5,10,12,14,24H,3,6-9,11H2,1-2H3. The number of carbonyl (C=O) groups is 1. The number of fused-ring (bicyclic) bond motifs is 1. The van der Waals surface area contributed by atoms with Crippen molar-refractivity contribution in [2.24, 2.45) is 5.92 Å². The Balaban J connectivity index is 1.76. The van der Waals surface area contributed by atoms with Crippen LogP contribution in [0, 0.1) is 12.8 Å². The molecule has 1 aliphatic rings. The van der Waals surface area contributed by atoms with Crippen LogP contribution in [0.4, 0.5) is 0 Å². The van der Waals surface area contributed by atoms with E-state index >= 15 is 0 Å². The third-order valence-electron chi connectivity index (χ3n) is 4.98. The van der Waals surface area contributed by atoms with Crippen molar-refractivity contribution in [3.8, 4) is 0 Å². The molecule has 2 aromatic rings. The van der Waals surface area contributed by atoms with Gasteiger partial charge in [-0.2, -0.15) is 0 Å². The van der Waals surface area contributed by atoms with Crippen molar-refractivity contribution in [2.75, 3.05) is 6.61 Å². The summed E-state index contributed by atoms with van der Waals surface area (Å²) in [6, 6.07) is 5.57. The lowest BCUT2D eigenvalue weighted by atomic mass is 9.78. The van der Waals surface area contributed by atoms with Gasteiger partial charge in [0.05, 0.1) is 41.9 Å². The van der Waals surface area contributed by atoms with Gasteiger partial charge in [0.2, 0.25) is 0 Å². The van der Waals surface area contributed by atoms with Crippen molar-refractivity contribution in [3.63, 3.8) is 0 Å². The third kappa shape index (κ3) is 3.74. The Morgan fingerprint density at radius 1 is 1.40 bits per heavy atom. The Hall–Kier alpha value is -2.21. The number of ether oxygens (including phenoxy) is 1. The zero-order valence-corrected chi connectivity index (χ0v) is 14.7. The number of nitrogens with zero attached hydrogens (tertiary/aromatic N) is 2. The molecule has 1 fully saturated rings. The first-order valence-electron chi connectivity index (χ1n) is 8.77. The van der Waals surface area contributed by atoms with Crippen LogP contribution in [0.15, 0.2) is 29.3 Å². The fourth-order valence-electron chi connectivity index (χ4n) is 3.51. The van der Waals surface area contributed by atoms with Crippen LogP contribution in [-0.2, 0) is 16.1 Å². The zero-order chi connectivity index (χ0) is 18.0. The molecule has 0 amide bonds. The van der Waals surface area contributed by atoms with Gasteiger partial charge in [-0.15, -0.1) is 0 Å². The van der Waals surface area contributed by atoms with Gasteiger partial charge in [0.25, 0.3) is 5.56 Å². The topological polar surface area (TPSA) is 81.4 Å². The second-order valence-electron chi connectivity index (χ2n) is 6.95. The summed E-state index contributed by atoms with van der Waals surface area (Å²) < 4.78 is 6.54. The molecule has 0 saturated heterocycles. The number of rotatable bonds is 4. The minimum Gasteiger partial charge on any atom is -0.466 e. The Kier molecular flexibility index (Phi) is 4.90. The summed E-state index contributed by atoms with van der Waals surface area (Å²) in [4.78, 5) is 28.8. The minimum absolute atomic E-state index is 0.144. The summed E-state index contributed by atoms with van der Waals surface area (Å²) >= 11 is 0. The van der Waals surface area contributed by atoms with Crippen molar-refractivity contribution in [3.05, 3.63) is 40.4 Å². The van der Waals surface area contributed by atoms with Crippen LogP contribution in [0.1, 0.15) is 38.2 Å². The molecule has 1 aromatic heterocycles. The van der Waals surface area contributed by atoms with E-state index in [0.29, 0.717) is 43.2 Å². The Morgan fingerprint density at radius 2 is 2.12 bits per heavy atom. The molecule has 1 N–H and O–H groups in total. The molecular formula is C19H24N2O4. The lowest BCUT2D eigenvalue weighted by Crippen LogP contribution is -2.42. The summed E-state index contributed by atoms with van der Waals surface area (Å²) in [5, 5.41) is 11.4. The number of hydrogen-bond donors (Lipinski definition) is 1. The molecule has 1 aromatic carbocycles. The van der Waals surface area contributed by atoms with E-state index in [1.807, 2.05) is 25.1 Å². The van der Waals surface area contributed by atoms with E-state index < -0.39 is 5.60 Å². The number of hydrogen-bond acceptors (Lipinski definition) is 5. The first-order valence-corrected chi connectivity index (χ1v) is 8.77. The van der Waals surface area contributed by atoms with Crippen molar-refractivity contribution >= 4 is 16.9 Å². The monoisotopic (exact) mass is 344 g/mol. The highest BCUT2D eigenvalue weighted by molar-refractivity contribution is 5.77. The van der Waals surface area contributed by atoms with Gasteiger partial charge in [0.1, 0.15) is 0 Å². The highest BCUT2D eigenvalue weighted by Crippen LogP contribution is 2.33. The Morgan fingerprint density at radius 3 is 2.80 bits per heavy atom. The van der Waals surface area contributed by atoms with Gasteiger partial charge in [0.15, 0.2) is 0 Å². The largest absolute Gasteiger partial charge is 0.466 e. The van der Waals surface area contributed by atoms with Crippen molar-refractivity contribution < 1.29 is 14.6 Å². The normalized spacial score (nSPS) is 23.6. The van der Waals surface area contributed by atoms with E-state index in [4.69, 9.17) is 4.74 Å². The molecule has 0 radical (unpaired) electrons. The van der Waals surface area contributed by atoms with Gasteiger partial charge in [-0.25, -0.2) is 4.98 Å². The number of benzene rings is 1. The molecule has 0 bridgehead atoms. The first-order chi connectivity index (χ1) is 11.9. The van der Waals surface area contributed by atoms with Crippen LogP contribution in [0.5, 0.6) is 0 Å². The van der Waals surface area contributed by atoms with Gasteiger partial charge < -0.3 is 9.84 Å². The SMILES string of the molecule is CCOC(=O)C1CCC(O)(Cn2cnc3ccc(C)cc3c2=O)CC1. The van der Waals surface area contributed by atoms with Crippen molar-refractivity contribution in [1.82, 2.24) is 9.55 Å². The highest BCUT2D eigenvalue weighted by atomic mass is 16.5. The molecule has 134 valence electrons. The number of esters is 1. The van der Waals surface area contributed by atoms with Gasteiger partial charge in [-0.1, -0.05) is 11.6 Å². The van der Waals surface area contributed by atoms with Crippen LogP contribution in [0.3, 0.4) is 0 Å². The zero-order valence-electron chi connectivity index (χ0n) is 14.7. The van der Waals surface area contributed by atoms with Crippen molar-refractivity contribution in [2.45, 2.75) is 51.7 Å². The molecule has 1 heterocycles. The predicted octanol–water partition coefficient (Wildman–Crippen LogP) is 2.19. The third-order valence-corrected chi connectivity index (χ3v) is 4.98. The maximum Gasteiger partial charge on any atom is 0.308 e. The number of aliphatic hydroxyl groups is 1. The summed E-state index contributed by atoms with van der Waals surface area (Å²) in [5.41, 5.74) is 0.517. The lowest BCUT2D eigenvalue weighted by Gasteiger charge is -2.35. The van der Waals surface area contributed by atoms with E-state index in [9.17, 15) is 14.7 Å². The van der Waals surface area contributed by atoms with Gasteiger partial charge in [0, 0.05) is 0 Å². The van der Waals surface area contributed by atoms with E-state index in [2.05, 4.69) is 4.98 Å². The fraction of sp³-hybridized carbons (Fsp3) is 0.526. The van der Waals surface area contributed by atoms with Crippen LogP contribution in [-0.4, -0.2) is 32.8 Å². The average molecular weight is 344 g/mol. The molecule has 6 nitrogen and oxygen atoms in total. The fourth-order valence-corrected chi connectivity index (χ4v) is 3.51. The van der Waals surface area contributed by atoms with Crippen LogP contribution in [0.2, 0.25) is 0 Å². The Bertz CT molecular complexity index is 835. The molecule has 0 aliphatic heterocycles. The highest BCUT2D eigenvalue weighted by Gasteiger charge is 2.36. The average Bonchev–Trinajstić information content (AvgIpc) is 2.59. The van der Waals surface area contributed by atoms with Crippen molar-refractivity contribution in [1.29, 1.82) is 0 Å². The minimum atomic E-state index is -0.994. The quantitative estimate of drug-likeness (QED) is 0.860. The van der Waals surface area contributed by atoms with Crippen LogP contribution < -0.4 is 5.56 Å². The number of carbonyl (C=O) groups excluding carboxylic acids is 1. The number of aryl methyl sites for hydroxylation is 1. The molecule has 0 atom stereocenters. The first kappa shape index (κ1) is 17.6. The van der Waals surface area contributed by atoms with E-state index in [1.165, 1.54) is 10.9 Å². The van der Waals surface area contributed by atoms with E-state index in [0.717, 1.165) is 5.56 Å². The summed E-state index contributed by atoms with van der Waals surface area (Å²) in [6.45, 7) is 4.29. The molecule has 1 saturated carbocycles. The Labute approximate surface area is 146 Å². The van der Waals surface area contributed by atoms with Crippen LogP contribution in [0.25, 0.3) is 10.9 Å². The van der Waals surface area contributed by atoms with Gasteiger partial charge >= 0.3 is 5.97 Å². The molecule has 25 heavy (non-hydrogen) atoms. The molecule has 3 rings (SSSR count). The summed E-state index contributed by atoms with van der Waals surface area (Å²) in [6.07, 6.45) is 3.58. The van der Waals surface area contributed by atoms with E-state index in [-0.39, 0.29) is 24.0 Å². The molecule has 0 spiro atoms. The summed E-state index contributed by atoms with van der Waals surface area (Å²) in [5.74, 6) is -0.348. The van der Waals surface area contributed by atoms with Crippen LogP contribution >= 0.6 is 0 Å². The summed E-state index contributed by atoms with van der Waals surface area (Å²) in [7, 11) is 0. The molecule has 1 aliphatic carbocycles. The maximum absolute atomic E-state index is 12.7. The smallest absolute Gasteiger partial charge is 0.308 e.